The minimum atomic E-state index is -3.27. The minimum absolute atomic E-state index is 0.323. The molecule has 0 spiro atoms. The molecule has 0 bridgehead atoms. The number of benzene rings is 1. The zero-order valence-electron chi connectivity index (χ0n) is 10.5. The van der Waals surface area contributed by atoms with Crippen LogP contribution < -0.4 is 0 Å². The number of ether oxygens (including phenoxy) is 1. The molecule has 1 atom stereocenters. The molecule has 5 heteroatoms. The van der Waals surface area contributed by atoms with E-state index in [1.165, 1.54) is 7.11 Å². The van der Waals surface area contributed by atoms with Crippen molar-refractivity contribution in [2.24, 2.45) is 0 Å². The molecule has 1 unspecified atom stereocenters. The Kier molecular flexibility index (Phi) is 5.86. The van der Waals surface area contributed by atoms with Crippen LogP contribution in [0.25, 0.3) is 0 Å². The molecule has 4 nitrogen and oxygen atoms in total. The summed E-state index contributed by atoms with van der Waals surface area (Å²) < 4.78 is 28.4. The van der Waals surface area contributed by atoms with E-state index >= 15 is 0 Å². The lowest BCUT2D eigenvalue weighted by atomic mass is 10.2. The third kappa shape index (κ3) is 3.65. The molecule has 0 aliphatic heterocycles. The van der Waals surface area contributed by atoms with Crippen LogP contribution in [0.4, 0.5) is 0 Å². The van der Waals surface area contributed by atoms with Crippen LogP contribution in [0.2, 0.25) is 0 Å². The molecule has 0 saturated heterocycles. The van der Waals surface area contributed by atoms with Gasteiger partial charge in [0.05, 0.1) is 13.2 Å². The molecule has 0 aliphatic carbocycles. The average molecular weight is 258 g/mol. The van der Waals surface area contributed by atoms with E-state index in [2.05, 4.69) is 0 Å². The van der Waals surface area contributed by atoms with E-state index in [-0.39, 0.29) is 0 Å². The highest BCUT2D eigenvalue weighted by atomic mass is 31.2. The Morgan fingerprint density at radius 3 is 2.06 bits per heavy atom. The van der Waals surface area contributed by atoms with Gasteiger partial charge in [-0.1, -0.05) is 30.3 Å². The van der Waals surface area contributed by atoms with Crippen LogP contribution >= 0.6 is 7.60 Å². The predicted molar refractivity (Wildman–Crippen MR) is 67.1 cm³/mol. The quantitative estimate of drug-likeness (QED) is 0.701. The zero-order valence-corrected chi connectivity index (χ0v) is 11.4. The Labute approximate surface area is 102 Å². The number of rotatable bonds is 7. The average Bonchev–Trinajstić information content (AvgIpc) is 2.31. The summed E-state index contributed by atoms with van der Waals surface area (Å²) in [5, 5.41) is 0. The standard InChI is InChI=1S/C12H19O4P/c1-4-15-17(13,16-5-2)12(14-3)11-9-7-6-8-10-11/h6-10,12H,4-5H2,1-3H3. The number of methoxy groups -OCH3 is 1. The van der Waals surface area contributed by atoms with Gasteiger partial charge in [-0.15, -0.1) is 0 Å². The Bertz CT molecular complexity index is 356. The minimum Gasteiger partial charge on any atom is -0.364 e. The number of hydrogen-bond donors (Lipinski definition) is 0. The third-order valence-electron chi connectivity index (χ3n) is 2.21. The summed E-state index contributed by atoms with van der Waals surface area (Å²) in [6.07, 6.45) is 0. The fourth-order valence-electron chi connectivity index (χ4n) is 1.60. The first-order valence-corrected chi connectivity index (χ1v) is 7.25. The lowest BCUT2D eigenvalue weighted by Crippen LogP contribution is -2.08. The van der Waals surface area contributed by atoms with Crippen LogP contribution in [-0.2, 0) is 18.3 Å². The molecule has 17 heavy (non-hydrogen) atoms. The highest BCUT2D eigenvalue weighted by Crippen LogP contribution is 2.61. The molecule has 0 aliphatic rings. The maximum Gasteiger partial charge on any atom is 0.363 e. The van der Waals surface area contributed by atoms with Crippen molar-refractivity contribution >= 4 is 7.60 Å². The van der Waals surface area contributed by atoms with E-state index in [0.29, 0.717) is 13.2 Å². The van der Waals surface area contributed by atoms with Gasteiger partial charge in [0.2, 0.25) is 0 Å². The van der Waals surface area contributed by atoms with Crippen molar-refractivity contribution in [2.45, 2.75) is 19.7 Å². The van der Waals surface area contributed by atoms with Crippen molar-refractivity contribution in [2.75, 3.05) is 20.3 Å². The summed E-state index contributed by atoms with van der Waals surface area (Å²) >= 11 is 0. The van der Waals surface area contributed by atoms with Gasteiger partial charge >= 0.3 is 7.60 Å². The summed E-state index contributed by atoms with van der Waals surface area (Å²) in [5.41, 5.74) is 0.792. The molecule has 1 aromatic rings. The van der Waals surface area contributed by atoms with Crippen molar-refractivity contribution in [1.82, 2.24) is 0 Å². The molecular formula is C12H19O4P. The topological polar surface area (TPSA) is 44.8 Å². The first-order chi connectivity index (χ1) is 8.18. The molecule has 0 amide bonds. The molecular weight excluding hydrogens is 239 g/mol. The van der Waals surface area contributed by atoms with Crippen LogP contribution in [0.3, 0.4) is 0 Å². The van der Waals surface area contributed by atoms with Crippen LogP contribution in [-0.4, -0.2) is 20.3 Å². The fraction of sp³-hybridized carbons (Fsp3) is 0.500. The second-order valence-electron chi connectivity index (χ2n) is 3.37. The van der Waals surface area contributed by atoms with E-state index in [9.17, 15) is 4.57 Å². The molecule has 0 heterocycles. The summed E-state index contributed by atoms with van der Waals surface area (Å²) in [7, 11) is -1.77. The van der Waals surface area contributed by atoms with Crippen LogP contribution in [0.1, 0.15) is 25.3 Å². The molecule has 0 aromatic heterocycles. The predicted octanol–water partition coefficient (Wildman–Crippen LogP) is 3.60. The SMILES string of the molecule is CCOP(=O)(OCC)C(OC)c1ccccc1. The monoisotopic (exact) mass is 258 g/mol. The van der Waals surface area contributed by atoms with Crippen LogP contribution in [0, 0.1) is 0 Å². The maximum absolute atomic E-state index is 12.6. The molecule has 0 N–H and O–H groups in total. The highest BCUT2D eigenvalue weighted by molar-refractivity contribution is 7.54. The van der Waals surface area contributed by atoms with Gasteiger partial charge in [0, 0.05) is 7.11 Å². The lowest BCUT2D eigenvalue weighted by molar-refractivity contribution is 0.109. The third-order valence-corrected chi connectivity index (χ3v) is 4.53. The van der Waals surface area contributed by atoms with Crippen molar-refractivity contribution in [3.8, 4) is 0 Å². The van der Waals surface area contributed by atoms with Gasteiger partial charge < -0.3 is 13.8 Å². The Hall–Kier alpha value is -0.670. The van der Waals surface area contributed by atoms with E-state index < -0.39 is 13.4 Å². The van der Waals surface area contributed by atoms with E-state index in [4.69, 9.17) is 13.8 Å². The van der Waals surface area contributed by atoms with Gasteiger partial charge in [0.1, 0.15) is 0 Å². The van der Waals surface area contributed by atoms with Crippen molar-refractivity contribution in [1.29, 1.82) is 0 Å². The molecule has 0 saturated carbocycles. The Morgan fingerprint density at radius 1 is 1.12 bits per heavy atom. The van der Waals surface area contributed by atoms with E-state index in [1.807, 2.05) is 30.3 Å². The zero-order chi connectivity index (χ0) is 12.7. The van der Waals surface area contributed by atoms with Crippen molar-refractivity contribution in [3.05, 3.63) is 35.9 Å². The van der Waals surface area contributed by atoms with Crippen LogP contribution in [0.5, 0.6) is 0 Å². The van der Waals surface area contributed by atoms with Gasteiger partial charge in [-0.3, -0.25) is 4.57 Å². The molecule has 96 valence electrons. The first kappa shape index (κ1) is 14.4. The second-order valence-corrected chi connectivity index (χ2v) is 5.44. The first-order valence-electron chi connectivity index (χ1n) is 5.64. The number of hydrogen-bond acceptors (Lipinski definition) is 4. The molecule has 1 aromatic carbocycles. The van der Waals surface area contributed by atoms with Crippen molar-refractivity contribution < 1.29 is 18.3 Å². The summed E-state index contributed by atoms with van der Waals surface area (Å²) in [6, 6.07) is 9.31. The van der Waals surface area contributed by atoms with Gasteiger partial charge in [-0.05, 0) is 19.4 Å². The molecule has 0 radical (unpaired) electrons. The van der Waals surface area contributed by atoms with Crippen molar-refractivity contribution in [3.63, 3.8) is 0 Å². The van der Waals surface area contributed by atoms with Crippen LogP contribution in [0.15, 0.2) is 30.3 Å². The maximum atomic E-state index is 12.6. The lowest BCUT2D eigenvalue weighted by Gasteiger charge is -2.25. The summed E-state index contributed by atoms with van der Waals surface area (Å²) in [4.78, 5) is 0. The van der Waals surface area contributed by atoms with Gasteiger partial charge in [0.25, 0.3) is 0 Å². The second kappa shape index (κ2) is 6.92. The summed E-state index contributed by atoms with van der Waals surface area (Å²) in [6.45, 7) is 4.21. The Morgan fingerprint density at radius 2 is 1.65 bits per heavy atom. The summed E-state index contributed by atoms with van der Waals surface area (Å²) in [5.74, 6) is -0.677. The normalized spacial score (nSPS) is 13.6. The van der Waals surface area contributed by atoms with Gasteiger partial charge in [-0.25, -0.2) is 0 Å². The smallest absolute Gasteiger partial charge is 0.363 e. The van der Waals surface area contributed by atoms with Gasteiger partial charge in [0.15, 0.2) is 5.85 Å². The Balaban J connectivity index is 3.01. The molecule has 1 rings (SSSR count). The highest BCUT2D eigenvalue weighted by Gasteiger charge is 2.36. The largest absolute Gasteiger partial charge is 0.364 e. The molecule has 0 fully saturated rings. The fourth-order valence-corrected chi connectivity index (χ4v) is 3.46. The van der Waals surface area contributed by atoms with E-state index in [1.54, 1.807) is 13.8 Å². The van der Waals surface area contributed by atoms with Gasteiger partial charge in [-0.2, -0.15) is 0 Å². The van der Waals surface area contributed by atoms with E-state index in [0.717, 1.165) is 5.56 Å².